The summed E-state index contributed by atoms with van der Waals surface area (Å²) in [6, 6.07) is 0. The van der Waals surface area contributed by atoms with E-state index in [1.165, 1.54) is 21.1 Å². The molecular weight excluding hydrogens is 900 g/mol. The second kappa shape index (κ2) is 16.3. The number of nitrogens with zero attached hydrogens (tertiary/aromatic N) is 2. The van der Waals surface area contributed by atoms with Gasteiger partial charge in [0, 0.05) is 20.6 Å². The molecule has 0 unspecified atom stereocenters. The quantitative estimate of drug-likeness (QED) is 0.0638. The summed E-state index contributed by atoms with van der Waals surface area (Å²) < 4.78 is 252. The summed E-state index contributed by atoms with van der Waals surface area (Å²) in [5, 5.41) is -3.92. The molecule has 1 aliphatic heterocycles. The van der Waals surface area contributed by atoms with Crippen molar-refractivity contribution in [1.29, 1.82) is 0 Å². The van der Waals surface area contributed by atoms with Gasteiger partial charge in [0.05, 0.1) is 10.9 Å². The Morgan fingerprint density at radius 3 is 1.03 bits per heavy atom. The van der Waals surface area contributed by atoms with Gasteiger partial charge in [0.25, 0.3) is 0 Å². The number of rotatable bonds is 6. The zero-order chi connectivity index (χ0) is 47.5. The third kappa shape index (κ3) is 8.08. The van der Waals surface area contributed by atoms with Gasteiger partial charge in [0.2, 0.25) is 0 Å². The minimum absolute atomic E-state index is 0.828. The van der Waals surface area contributed by atoms with Crippen LogP contribution in [0.1, 0.15) is 83.1 Å². The van der Waals surface area contributed by atoms with Gasteiger partial charge in [-0.1, -0.05) is 88.5 Å². The molecule has 5 nitrogen and oxygen atoms in total. The number of halogens is 15. The summed E-state index contributed by atoms with van der Waals surface area (Å²) in [4.78, 5) is 0. The van der Waals surface area contributed by atoms with Gasteiger partial charge in [-0.05, 0) is 0 Å². The molecular formula is C37H38B3F15N2O3P2. The summed E-state index contributed by atoms with van der Waals surface area (Å²) in [5.74, 6) is -41.5. The van der Waals surface area contributed by atoms with Crippen molar-refractivity contribution in [2.45, 2.75) is 104 Å². The van der Waals surface area contributed by atoms with E-state index < -0.39 is 167 Å². The van der Waals surface area contributed by atoms with E-state index in [2.05, 4.69) is 0 Å². The van der Waals surface area contributed by atoms with E-state index in [0.29, 0.717) is 0 Å². The third-order valence-electron chi connectivity index (χ3n) is 9.59. The van der Waals surface area contributed by atoms with E-state index in [9.17, 15) is 30.7 Å². The fraction of sp³-hybridized carbons (Fsp3) is 0.432. The van der Waals surface area contributed by atoms with E-state index in [-0.39, 0.29) is 0 Å². The summed E-state index contributed by atoms with van der Waals surface area (Å²) in [6.07, 6.45) is 2.53. The lowest BCUT2D eigenvalue weighted by molar-refractivity contribution is -0.495. The normalized spacial score (nSPS) is 15.5. The molecule has 2 heterocycles. The number of hydrogen-bond donors (Lipinski definition) is 0. The van der Waals surface area contributed by atoms with Gasteiger partial charge in [-0.25, -0.2) is 74.5 Å². The molecule has 0 amide bonds. The number of hydrogen-bond acceptors (Lipinski definition) is 3. The highest BCUT2D eigenvalue weighted by Gasteiger charge is 2.61. The van der Waals surface area contributed by atoms with Gasteiger partial charge >= 0.3 is 20.8 Å². The lowest BCUT2D eigenvalue weighted by atomic mass is 9.44. The van der Waals surface area contributed by atoms with Crippen molar-refractivity contribution in [2.24, 2.45) is 0 Å². The molecule has 1 aliphatic rings. The van der Waals surface area contributed by atoms with Gasteiger partial charge in [0.15, 0.2) is 75.6 Å². The van der Waals surface area contributed by atoms with Crippen molar-refractivity contribution in [3.8, 4) is 0 Å². The lowest BCUT2D eigenvalue weighted by Gasteiger charge is -2.51. The standard InChI is InChI=1S/C37H38B3F15N2O3P2/c1-34(2,3)61(35(4,5)6)56-13-14-57(62(36(7,8)9)37(10,11)12)33(56)40(17-22(45)28(51)32(55)29(52)23(17)46)59-38(15-18(41)24(47)30(53)25(48)19(15)42)58-39(60-40)16-20(43)26(49)31(54)27(50)21(16)44/h13-14H,1-12H3. The van der Waals surface area contributed by atoms with Crippen molar-refractivity contribution in [2.75, 3.05) is 0 Å². The molecule has 25 heteroatoms. The van der Waals surface area contributed by atoms with E-state index >= 15 is 35.1 Å². The van der Waals surface area contributed by atoms with Crippen LogP contribution in [0.4, 0.5) is 65.9 Å². The van der Waals surface area contributed by atoms with Crippen LogP contribution in [0.15, 0.2) is 12.4 Å². The van der Waals surface area contributed by atoms with Gasteiger partial charge in [-0.3, -0.25) is 0 Å². The minimum atomic E-state index is -5.29. The largest absolute Gasteiger partial charge is 0.597 e. The molecule has 1 saturated heterocycles. The Labute approximate surface area is 350 Å². The van der Waals surface area contributed by atoms with Crippen LogP contribution >= 0.6 is 16.1 Å². The van der Waals surface area contributed by atoms with Crippen LogP contribution in [-0.2, 0) is 13.7 Å². The van der Waals surface area contributed by atoms with Crippen LogP contribution in [0.3, 0.4) is 0 Å². The Hall–Kier alpha value is -3.25. The Balaban J connectivity index is 2.19. The zero-order valence-electron chi connectivity index (χ0n) is 35.1. The van der Waals surface area contributed by atoms with Gasteiger partial charge < -0.3 is 13.7 Å². The van der Waals surface area contributed by atoms with Crippen LogP contribution in [0.5, 0.6) is 0 Å². The zero-order valence-corrected chi connectivity index (χ0v) is 36.9. The average Bonchev–Trinajstić information content (AvgIpc) is 3.53. The predicted molar refractivity (Wildman–Crippen MR) is 206 cm³/mol. The molecule has 0 atom stereocenters. The molecule has 0 spiro atoms. The predicted octanol–water partition coefficient (Wildman–Crippen LogP) is 8.96. The van der Waals surface area contributed by atoms with Crippen LogP contribution < -0.4 is 26.4 Å². The topological polar surface area (TPSA) is 36.5 Å². The highest BCUT2D eigenvalue weighted by Crippen LogP contribution is 2.61. The van der Waals surface area contributed by atoms with Crippen molar-refractivity contribution >= 4 is 59.0 Å². The molecule has 3 aromatic carbocycles. The maximum atomic E-state index is 16.8. The molecule has 0 N–H and O–H groups in total. The molecule has 5 rings (SSSR count). The Bertz CT molecular complexity index is 2230. The molecule has 1 fully saturated rings. The number of benzene rings is 3. The van der Waals surface area contributed by atoms with Crippen LogP contribution in [-0.4, -0.2) is 45.8 Å². The number of imidazole rings is 1. The van der Waals surface area contributed by atoms with Crippen molar-refractivity contribution in [3.05, 3.63) is 99.7 Å². The molecule has 338 valence electrons. The van der Waals surface area contributed by atoms with E-state index in [0.717, 1.165) is 0 Å². The monoisotopic (exact) mass is 938 g/mol. The SMILES string of the molecule is CC(C)(C)P(n1cc[n+](P(C(C)(C)C)C(C)(C)C)c1[B-]1(c2c(F)c(F)c(F)c(F)c2F)OB(c2c(F)c(F)c(F)c(F)c2F)OB(c2c(F)c(F)c(F)c(F)c2F)O1)C(C)(C)C. The average molecular weight is 938 g/mol. The maximum absolute atomic E-state index is 16.8. The first kappa shape index (κ1) is 49.8. The molecule has 1 aromatic heterocycles. The summed E-state index contributed by atoms with van der Waals surface area (Å²) in [5.41, 5.74) is -7.45. The second-order valence-electron chi connectivity index (χ2n) is 18.4. The van der Waals surface area contributed by atoms with E-state index in [1.54, 1.807) is 83.1 Å². The molecule has 0 aliphatic carbocycles. The second-order valence-corrected chi connectivity index (χ2v) is 25.9. The van der Waals surface area contributed by atoms with Crippen molar-refractivity contribution in [3.63, 3.8) is 0 Å². The van der Waals surface area contributed by atoms with Crippen LogP contribution in [0.2, 0.25) is 0 Å². The molecule has 0 saturated carbocycles. The summed E-state index contributed by atoms with van der Waals surface area (Å²) in [7, 11) is -11.0. The molecule has 0 radical (unpaired) electrons. The first-order chi connectivity index (χ1) is 28.0. The van der Waals surface area contributed by atoms with Gasteiger partial charge in [0.1, 0.15) is 45.9 Å². The Morgan fingerprint density at radius 2 is 0.742 bits per heavy atom. The molecule has 4 aromatic rings. The van der Waals surface area contributed by atoms with E-state index in [4.69, 9.17) is 13.7 Å². The Kier molecular flexibility index (Phi) is 13.1. The maximum Gasteiger partial charge on any atom is 0.442 e. The van der Waals surface area contributed by atoms with Gasteiger partial charge in [-0.2, -0.15) is 0 Å². The lowest BCUT2D eigenvalue weighted by Crippen LogP contribution is -2.82. The van der Waals surface area contributed by atoms with Crippen molar-refractivity contribution < 1.29 is 83.9 Å². The third-order valence-corrected chi connectivity index (χ3v) is 16.2. The van der Waals surface area contributed by atoms with Crippen LogP contribution in [0.25, 0.3) is 0 Å². The summed E-state index contributed by atoms with van der Waals surface area (Å²) >= 11 is 0. The molecule has 62 heavy (non-hydrogen) atoms. The fourth-order valence-electron chi connectivity index (χ4n) is 8.20. The fourth-order valence-corrected chi connectivity index (χ4v) is 16.2. The van der Waals surface area contributed by atoms with Gasteiger partial charge in [-0.15, -0.1) is 0 Å². The first-order valence-corrected chi connectivity index (χ1v) is 21.1. The van der Waals surface area contributed by atoms with Crippen LogP contribution in [0, 0.1) is 87.3 Å². The number of aromatic nitrogens is 2. The Morgan fingerprint density at radius 1 is 0.452 bits per heavy atom. The molecule has 0 bridgehead atoms. The minimum Gasteiger partial charge on any atom is -0.597 e. The van der Waals surface area contributed by atoms with Crippen molar-refractivity contribution in [1.82, 2.24) is 4.34 Å². The highest BCUT2D eigenvalue weighted by atomic mass is 31.1. The highest BCUT2D eigenvalue weighted by molar-refractivity contribution is 7.59. The smallest absolute Gasteiger partial charge is 0.442 e. The summed E-state index contributed by atoms with van der Waals surface area (Å²) in [6.45, 7) is 14.8. The van der Waals surface area contributed by atoms with E-state index in [1.807, 2.05) is 0 Å². The first-order valence-electron chi connectivity index (χ1n) is 18.5.